The highest BCUT2D eigenvalue weighted by atomic mass is 32.2. The third-order valence-corrected chi connectivity index (χ3v) is 7.66. The lowest BCUT2D eigenvalue weighted by atomic mass is 10.2. The number of methoxy groups -OCH3 is 1. The second-order valence-corrected chi connectivity index (χ2v) is 8.98. The molecule has 130 valence electrons. The van der Waals surface area contributed by atoms with Crippen LogP contribution in [0, 0.1) is 0 Å². The van der Waals surface area contributed by atoms with E-state index in [2.05, 4.69) is 4.74 Å². The molecule has 8 nitrogen and oxygen atoms in total. The van der Waals surface area contributed by atoms with Gasteiger partial charge in [0.1, 0.15) is 9.77 Å². The molecule has 0 aliphatic carbocycles. The van der Waals surface area contributed by atoms with Gasteiger partial charge in [0.25, 0.3) is 5.24 Å². The molecule has 2 amide bonds. The van der Waals surface area contributed by atoms with Crippen molar-refractivity contribution in [3.63, 3.8) is 0 Å². The average molecular weight is 390 g/mol. The number of thioether (sulfide) groups is 1. The van der Waals surface area contributed by atoms with Crippen molar-refractivity contribution in [2.45, 2.75) is 17.4 Å². The van der Waals surface area contributed by atoms with Crippen molar-refractivity contribution in [2.75, 3.05) is 26.0 Å². The van der Waals surface area contributed by atoms with E-state index in [1.165, 1.54) is 22.9 Å². The first-order chi connectivity index (χ1) is 11.4. The molecule has 1 atom stereocenters. The van der Waals surface area contributed by atoms with E-state index in [1.54, 1.807) is 0 Å². The van der Waals surface area contributed by atoms with Crippen LogP contribution in [0.4, 0.5) is 4.79 Å². The van der Waals surface area contributed by atoms with Gasteiger partial charge in [0.15, 0.2) is 0 Å². The molecule has 3 rings (SSSR count). The zero-order valence-corrected chi connectivity index (χ0v) is 15.1. The summed E-state index contributed by atoms with van der Waals surface area (Å²) in [7, 11) is -2.70. The molecular weight excluding hydrogens is 376 g/mol. The number of nitrogens with zero attached hydrogens (tertiary/aromatic N) is 2. The lowest BCUT2D eigenvalue weighted by Crippen LogP contribution is -2.41. The van der Waals surface area contributed by atoms with Gasteiger partial charge in [-0.1, -0.05) is 11.8 Å². The van der Waals surface area contributed by atoms with E-state index in [0.29, 0.717) is 6.42 Å². The van der Waals surface area contributed by atoms with E-state index >= 15 is 0 Å². The van der Waals surface area contributed by atoms with Gasteiger partial charge in [0.05, 0.1) is 18.9 Å². The van der Waals surface area contributed by atoms with Crippen LogP contribution in [0.3, 0.4) is 0 Å². The van der Waals surface area contributed by atoms with Gasteiger partial charge in [-0.3, -0.25) is 14.5 Å². The molecule has 0 N–H and O–H groups in total. The van der Waals surface area contributed by atoms with Gasteiger partial charge in [0, 0.05) is 13.1 Å². The van der Waals surface area contributed by atoms with Crippen molar-refractivity contribution in [3.8, 4) is 0 Å². The molecule has 24 heavy (non-hydrogen) atoms. The molecule has 1 aromatic heterocycles. The van der Waals surface area contributed by atoms with E-state index in [0.717, 1.165) is 28.0 Å². The lowest BCUT2D eigenvalue weighted by Gasteiger charge is -2.21. The monoisotopic (exact) mass is 390 g/mol. The van der Waals surface area contributed by atoms with Gasteiger partial charge in [-0.25, -0.2) is 13.2 Å². The molecule has 0 aromatic carbocycles. The van der Waals surface area contributed by atoms with Crippen LogP contribution in [-0.4, -0.2) is 66.7 Å². The van der Waals surface area contributed by atoms with Crippen LogP contribution in [0.15, 0.2) is 16.3 Å². The Morgan fingerprint density at radius 1 is 1.38 bits per heavy atom. The summed E-state index contributed by atoms with van der Waals surface area (Å²) in [5, 5.41) is 1.17. The third-order valence-electron chi connectivity index (χ3n) is 3.89. The maximum absolute atomic E-state index is 12.8. The fourth-order valence-corrected chi connectivity index (χ4v) is 6.31. The fraction of sp³-hybridized carbons (Fsp3) is 0.462. The number of carbonyl (C=O) groups is 3. The van der Waals surface area contributed by atoms with Gasteiger partial charge < -0.3 is 4.74 Å². The summed E-state index contributed by atoms with van der Waals surface area (Å²) in [5.74, 6) is -0.903. The zero-order chi connectivity index (χ0) is 17.5. The number of imide groups is 1. The summed E-state index contributed by atoms with van der Waals surface area (Å²) >= 11 is 1.92. The molecule has 2 saturated heterocycles. The molecule has 1 unspecified atom stereocenters. The second-order valence-electron chi connectivity index (χ2n) is 5.23. The Hall–Kier alpha value is -1.43. The van der Waals surface area contributed by atoms with Crippen LogP contribution in [0.5, 0.6) is 0 Å². The van der Waals surface area contributed by atoms with Gasteiger partial charge in [-0.05, 0) is 17.9 Å². The number of esters is 1. The Labute approximate surface area is 146 Å². The summed E-state index contributed by atoms with van der Waals surface area (Å²) in [6, 6.07) is 0.900. The second kappa shape index (κ2) is 6.47. The number of hydrogen-bond acceptors (Lipinski definition) is 8. The molecule has 2 fully saturated rings. The van der Waals surface area contributed by atoms with Crippen molar-refractivity contribution in [3.05, 3.63) is 16.3 Å². The van der Waals surface area contributed by atoms with Crippen LogP contribution < -0.4 is 0 Å². The Morgan fingerprint density at radius 3 is 2.75 bits per heavy atom. The number of rotatable bonds is 4. The van der Waals surface area contributed by atoms with Crippen molar-refractivity contribution in [1.29, 1.82) is 0 Å². The molecule has 2 aliphatic heterocycles. The predicted molar refractivity (Wildman–Crippen MR) is 87.5 cm³/mol. The molecule has 0 spiro atoms. The molecule has 0 bridgehead atoms. The summed E-state index contributed by atoms with van der Waals surface area (Å²) in [4.78, 5) is 36.4. The molecule has 2 aliphatic rings. The molecule has 0 radical (unpaired) electrons. The third kappa shape index (κ3) is 2.85. The largest absolute Gasteiger partial charge is 0.465 e. The number of ether oxygens (including phenoxy) is 1. The van der Waals surface area contributed by atoms with Crippen LogP contribution in [0.1, 0.15) is 16.1 Å². The average Bonchev–Trinajstić information content (AvgIpc) is 3.26. The van der Waals surface area contributed by atoms with E-state index < -0.39 is 22.0 Å². The van der Waals surface area contributed by atoms with Crippen LogP contribution >= 0.6 is 23.1 Å². The Balaban J connectivity index is 1.83. The minimum Gasteiger partial charge on any atom is -0.465 e. The van der Waals surface area contributed by atoms with Crippen LogP contribution in [0.25, 0.3) is 0 Å². The standard InChI is InChI=1S/C13H14N2O6S3/c1-21-12(17)11-9(3-5-22-11)24(19,20)14-4-2-8(6-14)15-10(16)7-23-13(15)18/h3,5,8H,2,4,6-7H2,1H3. The lowest BCUT2D eigenvalue weighted by molar-refractivity contribution is -0.126. The summed E-state index contributed by atoms with van der Waals surface area (Å²) in [6.07, 6.45) is 0.384. The topological polar surface area (TPSA) is 101 Å². The Bertz CT molecular complexity index is 786. The van der Waals surface area contributed by atoms with Crippen LogP contribution in [0.2, 0.25) is 0 Å². The summed E-state index contributed by atoms with van der Waals surface area (Å²) in [5.41, 5.74) is 0. The highest BCUT2D eigenvalue weighted by molar-refractivity contribution is 8.14. The molecule has 3 heterocycles. The molecule has 0 saturated carbocycles. The van der Waals surface area contributed by atoms with Crippen molar-refractivity contribution < 1.29 is 27.5 Å². The minimum atomic E-state index is -3.89. The Kier molecular flexibility index (Phi) is 4.69. The SMILES string of the molecule is COC(=O)c1sccc1S(=O)(=O)N1CCC(N2C(=O)CSC2=O)C1. The first kappa shape index (κ1) is 17.4. The number of sulfonamides is 1. The van der Waals surface area contributed by atoms with Gasteiger partial charge in [0.2, 0.25) is 15.9 Å². The zero-order valence-electron chi connectivity index (χ0n) is 12.6. The number of hydrogen-bond donors (Lipinski definition) is 0. The van der Waals surface area contributed by atoms with E-state index in [4.69, 9.17) is 0 Å². The van der Waals surface area contributed by atoms with Crippen LogP contribution in [-0.2, 0) is 19.6 Å². The van der Waals surface area contributed by atoms with E-state index in [-0.39, 0.29) is 39.8 Å². The van der Waals surface area contributed by atoms with E-state index in [1.807, 2.05) is 0 Å². The minimum absolute atomic E-state index is 0.0184. The maximum Gasteiger partial charge on any atom is 0.349 e. The van der Waals surface area contributed by atoms with Gasteiger partial charge in [-0.15, -0.1) is 11.3 Å². The van der Waals surface area contributed by atoms with E-state index in [9.17, 15) is 22.8 Å². The highest BCUT2D eigenvalue weighted by Gasteiger charge is 2.43. The fourth-order valence-electron chi connectivity index (χ4n) is 2.74. The summed E-state index contributed by atoms with van der Waals surface area (Å²) in [6.45, 7) is 0.224. The molecular formula is C13H14N2O6S3. The number of thiophene rings is 1. The van der Waals surface area contributed by atoms with Gasteiger partial charge in [-0.2, -0.15) is 4.31 Å². The predicted octanol–water partition coefficient (Wildman–Crippen LogP) is 0.993. The molecule has 11 heteroatoms. The highest BCUT2D eigenvalue weighted by Crippen LogP contribution is 2.31. The summed E-state index contributed by atoms with van der Waals surface area (Å²) < 4.78 is 31.4. The normalized spacial score (nSPS) is 22.4. The number of amides is 2. The van der Waals surface area contributed by atoms with Crippen molar-refractivity contribution in [2.24, 2.45) is 0 Å². The first-order valence-electron chi connectivity index (χ1n) is 7.01. The maximum atomic E-state index is 12.8. The van der Waals surface area contributed by atoms with Crippen molar-refractivity contribution in [1.82, 2.24) is 9.21 Å². The Morgan fingerprint density at radius 2 is 2.12 bits per heavy atom. The van der Waals surface area contributed by atoms with Crippen molar-refractivity contribution >= 4 is 50.2 Å². The number of carbonyl (C=O) groups excluding carboxylic acids is 3. The molecule has 1 aromatic rings. The first-order valence-corrected chi connectivity index (χ1v) is 10.3. The smallest absolute Gasteiger partial charge is 0.349 e. The quantitative estimate of drug-likeness (QED) is 0.707. The van der Waals surface area contributed by atoms with Gasteiger partial charge >= 0.3 is 5.97 Å².